The van der Waals surface area contributed by atoms with Crippen LogP contribution in [0.1, 0.15) is 37.7 Å². The van der Waals surface area contributed by atoms with Crippen molar-refractivity contribution in [1.82, 2.24) is 5.32 Å². The molecule has 3 nitrogen and oxygen atoms in total. The fourth-order valence-corrected chi connectivity index (χ4v) is 3.13. The molecule has 1 aliphatic carbocycles. The zero-order chi connectivity index (χ0) is 13.7. The van der Waals surface area contributed by atoms with Gasteiger partial charge in [-0.2, -0.15) is 0 Å². The van der Waals surface area contributed by atoms with Crippen LogP contribution in [-0.2, 0) is 0 Å². The maximum Gasteiger partial charge on any atom is 0.0895 e. The van der Waals surface area contributed by atoms with Gasteiger partial charge in [-0.1, -0.05) is 37.3 Å². The highest BCUT2D eigenvalue weighted by Gasteiger charge is 2.27. The molecule has 3 N–H and O–H groups in total. The summed E-state index contributed by atoms with van der Waals surface area (Å²) in [5, 5.41) is 21.7. The standard InChI is InChI=1S/C16H25NO2/c1-12-7-14(13-5-3-2-4-6-13)9-15(8-12)17-10-16(19)11-18/h2-6,12,14-19H,7-11H2,1H3/t12-,14-,15-,16+/m0/s1. The molecule has 3 heteroatoms. The van der Waals surface area contributed by atoms with Crippen LogP contribution in [0.5, 0.6) is 0 Å². The Bertz CT molecular complexity index is 368. The van der Waals surface area contributed by atoms with Crippen LogP contribution in [0.15, 0.2) is 30.3 Å². The predicted octanol–water partition coefficient (Wildman–Crippen LogP) is 1.90. The SMILES string of the molecule is C[C@@H]1C[C@H](NC[C@@H](O)CO)C[C@@H](c2ccccc2)C1. The van der Waals surface area contributed by atoms with E-state index in [2.05, 4.69) is 42.6 Å². The van der Waals surface area contributed by atoms with Gasteiger partial charge >= 0.3 is 0 Å². The summed E-state index contributed by atoms with van der Waals surface area (Å²) in [5.74, 6) is 1.30. The van der Waals surface area contributed by atoms with Gasteiger partial charge in [0.2, 0.25) is 0 Å². The normalized spacial score (nSPS) is 29.1. The minimum atomic E-state index is -0.646. The molecule has 19 heavy (non-hydrogen) atoms. The van der Waals surface area contributed by atoms with Crippen LogP contribution in [0.3, 0.4) is 0 Å². The molecule has 0 aliphatic heterocycles. The summed E-state index contributed by atoms with van der Waals surface area (Å²) < 4.78 is 0. The number of benzene rings is 1. The van der Waals surface area contributed by atoms with Crippen molar-refractivity contribution in [1.29, 1.82) is 0 Å². The van der Waals surface area contributed by atoms with Crippen LogP contribution in [0, 0.1) is 5.92 Å². The summed E-state index contributed by atoms with van der Waals surface area (Å²) >= 11 is 0. The van der Waals surface area contributed by atoms with E-state index in [1.165, 1.54) is 12.0 Å². The van der Waals surface area contributed by atoms with Crippen molar-refractivity contribution >= 4 is 0 Å². The van der Waals surface area contributed by atoms with Gasteiger partial charge in [0, 0.05) is 12.6 Å². The van der Waals surface area contributed by atoms with Gasteiger partial charge in [-0.3, -0.25) is 0 Å². The molecule has 0 aromatic heterocycles. The van der Waals surface area contributed by atoms with E-state index >= 15 is 0 Å². The second kappa shape index (κ2) is 7.04. The number of aliphatic hydroxyl groups excluding tert-OH is 2. The fraction of sp³-hybridized carbons (Fsp3) is 0.625. The number of aliphatic hydroxyl groups is 2. The number of hydrogen-bond donors (Lipinski definition) is 3. The van der Waals surface area contributed by atoms with Gasteiger partial charge in [0.15, 0.2) is 0 Å². The molecule has 1 aromatic carbocycles. The fourth-order valence-electron chi connectivity index (χ4n) is 3.13. The first-order chi connectivity index (χ1) is 9.19. The Kier molecular flexibility index (Phi) is 5.37. The molecule has 0 radical (unpaired) electrons. The summed E-state index contributed by atoms with van der Waals surface area (Å²) in [5.41, 5.74) is 1.42. The van der Waals surface area contributed by atoms with Crippen LogP contribution >= 0.6 is 0 Å². The zero-order valence-corrected chi connectivity index (χ0v) is 11.6. The third-order valence-electron chi connectivity index (χ3n) is 4.07. The Labute approximate surface area is 115 Å². The summed E-state index contributed by atoms with van der Waals surface area (Å²) in [6, 6.07) is 11.1. The molecule has 0 bridgehead atoms. The average Bonchev–Trinajstić information content (AvgIpc) is 2.45. The van der Waals surface area contributed by atoms with E-state index in [0.29, 0.717) is 24.4 Å². The van der Waals surface area contributed by atoms with Crippen molar-refractivity contribution < 1.29 is 10.2 Å². The van der Waals surface area contributed by atoms with Crippen molar-refractivity contribution in [2.75, 3.05) is 13.2 Å². The number of rotatable bonds is 5. The minimum Gasteiger partial charge on any atom is -0.394 e. The zero-order valence-electron chi connectivity index (χ0n) is 11.6. The Morgan fingerprint density at radius 1 is 1.21 bits per heavy atom. The number of nitrogens with one attached hydrogen (secondary N) is 1. The predicted molar refractivity (Wildman–Crippen MR) is 77.1 cm³/mol. The maximum absolute atomic E-state index is 9.42. The van der Waals surface area contributed by atoms with Gasteiger partial charge in [-0.05, 0) is 36.7 Å². The van der Waals surface area contributed by atoms with Gasteiger partial charge in [0.25, 0.3) is 0 Å². The molecule has 0 saturated heterocycles. The van der Waals surface area contributed by atoms with Gasteiger partial charge in [-0.15, -0.1) is 0 Å². The molecule has 1 fully saturated rings. The molecule has 0 spiro atoms. The molecule has 4 atom stereocenters. The smallest absolute Gasteiger partial charge is 0.0895 e. The van der Waals surface area contributed by atoms with Crippen LogP contribution in [0.4, 0.5) is 0 Å². The third-order valence-corrected chi connectivity index (χ3v) is 4.07. The van der Waals surface area contributed by atoms with Gasteiger partial charge in [-0.25, -0.2) is 0 Å². The molecular formula is C16H25NO2. The minimum absolute atomic E-state index is 0.169. The quantitative estimate of drug-likeness (QED) is 0.760. The summed E-state index contributed by atoms with van der Waals surface area (Å²) in [6.45, 7) is 2.61. The van der Waals surface area contributed by atoms with Gasteiger partial charge in [0.1, 0.15) is 0 Å². The summed E-state index contributed by atoms with van der Waals surface area (Å²) in [7, 11) is 0. The van der Waals surface area contributed by atoms with Crippen molar-refractivity contribution in [3.05, 3.63) is 35.9 Å². The van der Waals surface area contributed by atoms with Crippen molar-refractivity contribution in [3.8, 4) is 0 Å². The molecule has 1 aromatic rings. The van der Waals surface area contributed by atoms with Gasteiger partial charge in [0.05, 0.1) is 12.7 Å². The van der Waals surface area contributed by atoms with Crippen LogP contribution < -0.4 is 5.32 Å². The molecule has 2 rings (SSSR count). The molecule has 0 amide bonds. The van der Waals surface area contributed by atoms with E-state index < -0.39 is 6.10 Å². The Balaban J connectivity index is 1.92. The van der Waals surface area contributed by atoms with E-state index in [4.69, 9.17) is 5.11 Å². The molecule has 0 unspecified atom stereocenters. The molecule has 0 heterocycles. The molecule has 106 valence electrons. The first-order valence-electron chi connectivity index (χ1n) is 7.26. The molecule has 1 aliphatic rings. The molecular weight excluding hydrogens is 238 g/mol. The van der Waals surface area contributed by atoms with E-state index in [0.717, 1.165) is 12.8 Å². The Morgan fingerprint density at radius 3 is 2.63 bits per heavy atom. The monoisotopic (exact) mass is 263 g/mol. The maximum atomic E-state index is 9.42. The highest BCUT2D eigenvalue weighted by Crippen LogP contribution is 2.35. The van der Waals surface area contributed by atoms with E-state index in [9.17, 15) is 5.11 Å². The first kappa shape index (κ1) is 14.5. The molecule has 1 saturated carbocycles. The Morgan fingerprint density at radius 2 is 1.95 bits per heavy atom. The largest absolute Gasteiger partial charge is 0.394 e. The second-order valence-corrected chi connectivity index (χ2v) is 5.86. The van der Waals surface area contributed by atoms with E-state index in [1.807, 2.05) is 0 Å². The first-order valence-corrected chi connectivity index (χ1v) is 7.26. The second-order valence-electron chi connectivity index (χ2n) is 5.86. The lowest BCUT2D eigenvalue weighted by molar-refractivity contribution is 0.0886. The summed E-state index contributed by atoms with van der Waals surface area (Å²) in [4.78, 5) is 0. The average molecular weight is 263 g/mol. The number of hydrogen-bond acceptors (Lipinski definition) is 3. The van der Waals surface area contributed by atoms with Crippen LogP contribution in [-0.4, -0.2) is 35.5 Å². The van der Waals surface area contributed by atoms with Crippen molar-refractivity contribution in [3.63, 3.8) is 0 Å². The Hall–Kier alpha value is -0.900. The van der Waals surface area contributed by atoms with E-state index in [-0.39, 0.29) is 6.61 Å². The van der Waals surface area contributed by atoms with Crippen LogP contribution in [0.2, 0.25) is 0 Å². The topological polar surface area (TPSA) is 52.5 Å². The summed E-state index contributed by atoms with van der Waals surface area (Å²) in [6.07, 6.45) is 2.87. The van der Waals surface area contributed by atoms with Crippen LogP contribution in [0.25, 0.3) is 0 Å². The highest BCUT2D eigenvalue weighted by molar-refractivity contribution is 5.20. The van der Waals surface area contributed by atoms with Crippen molar-refractivity contribution in [2.45, 2.75) is 44.2 Å². The third kappa shape index (κ3) is 4.30. The van der Waals surface area contributed by atoms with Crippen molar-refractivity contribution in [2.24, 2.45) is 5.92 Å². The lowest BCUT2D eigenvalue weighted by Gasteiger charge is -2.34. The lowest BCUT2D eigenvalue weighted by Crippen LogP contribution is -2.41. The highest BCUT2D eigenvalue weighted by atomic mass is 16.3. The van der Waals surface area contributed by atoms with E-state index in [1.54, 1.807) is 0 Å². The lowest BCUT2D eigenvalue weighted by atomic mass is 9.76. The van der Waals surface area contributed by atoms with Gasteiger partial charge < -0.3 is 15.5 Å².